The Morgan fingerprint density at radius 2 is 2.19 bits per heavy atom. The molecule has 0 aliphatic rings. The van der Waals surface area contributed by atoms with Crippen LogP contribution in [0.15, 0.2) is 28.9 Å². The molecule has 0 aliphatic carbocycles. The average molecular weight is 297 g/mol. The van der Waals surface area contributed by atoms with E-state index in [1.807, 2.05) is 13.1 Å². The number of hydrogen-bond donors (Lipinski definition) is 1. The Morgan fingerprint density at radius 3 is 2.88 bits per heavy atom. The van der Waals surface area contributed by atoms with E-state index in [4.69, 9.17) is 0 Å². The molecule has 0 saturated heterocycles. The van der Waals surface area contributed by atoms with E-state index in [0.717, 1.165) is 16.0 Å². The molecule has 0 bridgehead atoms. The van der Waals surface area contributed by atoms with Crippen LogP contribution in [0.5, 0.6) is 0 Å². The molecule has 0 amide bonds. The van der Waals surface area contributed by atoms with Crippen molar-refractivity contribution in [3.8, 4) is 0 Å². The Morgan fingerprint density at radius 1 is 1.38 bits per heavy atom. The van der Waals surface area contributed by atoms with E-state index < -0.39 is 0 Å². The number of rotatable bonds is 3. The zero-order valence-corrected chi connectivity index (χ0v) is 11.7. The fourth-order valence-corrected chi connectivity index (χ4v) is 2.55. The summed E-state index contributed by atoms with van der Waals surface area (Å²) in [5, 5.41) is 4.54. The van der Waals surface area contributed by atoms with Crippen LogP contribution in [0.3, 0.4) is 0 Å². The zero-order valence-electron chi connectivity index (χ0n) is 9.25. The van der Waals surface area contributed by atoms with Crippen LogP contribution in [0.25, 0.3) is 0 Å². The van der Waals surface area contributed by atoms with Crippen molar-refractivity contribution in [2.45, 2.75) is 20.4 Å². The molecule has 2 aromatic rings. The van der Waals surface area contributed by atoms with Gasteiger partial charge in [-0.25, -0.2) is 4.98 Å². The highest BCUT2D eigenvalue weighted by atomic mass is 79.9. The van der Waals surface area contributed by atoms with E-state index in [9.17, 15) is 0 Å². The maximum atomic E-state index is 4.24. The van der Waals surface area contributed by atoms with Gasteiger partial charge in [0.15, 0.2) is 0 Å². The summed E-state index contributed by atoms with van der Waals surface area (Å²) >= 11 is 5.21. The molecule has 0 fully saturated rings. The SMILES string of the molecule is Cc1ncc(CNc2cc(Br)ccc2C)s1. The lowest BCUT2D eigenvalue weighted by molar-refractivity contribution is 1.16. The van der Waals surface area contributed by atoms with Crippen molar-refractivity contribution in [1.82, 2.24) is 4.98 Å². The van der Waals surface area contributed by atoms with Crippen LogP contribution in [0, 0.1) is 13.8 Å². The lowest BCUT2D eigenvalue weighted by atomic mass is 10.2. The summed E-state index contributed by atoms with van der Waals surface area (Å²) in [5.74, 6) is 0. The van der Waals surface area contributed by atoms with Crippen LogP contribution in [0.2, 0.25) is 0 Å². The maximum Gasteiger partial charge on any atom is 0.0897 e. The molecule has 1 aromatic heterocycles. The third-order valence-corrected chi connectivity index (χ3v) is 3.73. The number of nitrogens with one attached hydrogen (secondary N) is 1. The molecule has 0 aliphatic heterocycles. The largest absolute Gasteiger partial charge is 0.380 e. The van der Waals surface area contributed by atoms with Gasteiger partial charge in [0, 0.05) is 21.2 Å². The molecular formula is C12H13BrN2S. The first-order chi connectivity index (χ1) is 7.65. The number of nitrogens with zero attached hydrogens (tertiary/aromatic N) is 1. The van der Waals surface area contributed by atoms with Gasteiger partial charge in [0.2, 0.25) is 0 Å². The Kier molecular flexibility index (Phi) is 3.61. The molecule has 1 N–H and O–H groups in total. The summed E-state index contributed by atoms with van der Waals surface area (Å²) in [6, 6.07) is 6.25. The number of aryl methyl sites for hydroxylation is 2. The lowest BCUT2D eigenvalue weighted by Crippen LogP contribution is -1.99. The summed E-state index contributed by atoms with van der Waals surface area (Å²) in [6.07, 6.45) is 1.93. The van der Waals surface area contributed by atoms with Gasteiger partial charge in [-0.1, -0.05) is 22.0 Å². The van der Waals surface area contributed by atoms with Gasteiger partial charge in [0.1, 0.15) is 0 Å². The zero-order chi connectivity index (χ0) is 11.5. The molecule has 1 aromatic carbocycles. The molecule has 0 saturated carbocycles. The molecule has 2 nitrogen and oxygen atoms in total. The van der Waals surface area contributed by atoms with Gasteiger partial charge in [-0.05, 0) is 31.5 Å². The highest BCUT2D eigenvalue weighted by molar-refractivity contribution is 9.10. The molecular weight excluding hydrogens is 284 g/mol. The highest BCUT2D eigenvalue weighted by Gasteiger charge is 2.01. The van der Waals surface area contributed by atoms with Crippen LogP contribution < -0.4 is 5.32 Å². The normalized spacial score (nSPS) is 10.4. The van der Waals surface area contributed by atoms with Crippen LogP contribution in [-0.4, -0.2) is 4.98 Å². The Labute approximate surface area is 108 Å². The van der Waals surface area contributed by atoms with Crippen LogP contribution in [0.4, 0.5) is 5.69 Å². The monoisotopic (exact) mass is 296 g/mol. The molecule has 4 heteroatoms. The number of benzene rings is 1. The quantitative estimate of drug-likeness (QED) is 0.921. The van der Waals surface area contributed by atoms with Crippen molar-refractivity contribution in [2.24, 2.45) is 0 Å². The predicted molar refractivity (Wildman–Crippen MR) is 73.1 cm³/mol. The third-order valence-electron chi connectivity index (χ3n) is 2.32. The molecule has 16 heavy (non-hydrogen) atoms. The summed E-state index contributed by atoms with van der Waals surface area (Å²) < 4.78 is 1.10. The van der Waals surface area contributed by atoms with Crippen molar-refractivity contribution in [2.75, 3.05) is 5.32 Å². The van der Waals surface area contributed by atoms with Gasteiger partial charge in [-0.3, -0.25) is 0 Å². The standard InChI is InChI=1S/C12H13BrN2S/c1-8-3-4-10(13)5-12(8)15-7-11-6-14-9(2)16-11/h3-6,15H,7H2,1-2H3. The average Bonchev–Trinajstić information content (AvgIpc) is 2.66. The molecule has 2 rings (SSSR count). The van der Waals surface area contributed by atoms with E-state index in [2.05, 4.69) is 51.4 Å². The second kappa shape index (κ2) is 4.97. The fraction of sp³-hybridized carbons (Fsp3) is 0.250. The van der Waals surface area contributed by atoms with Gasteiger partial charge < -0.3 is 5.32 Å². The number of thiazole rings is 1. The first kappa shape index (κ1) is 11.6. The van der Waals surface area contributed by atoms with Crippen molar-refractivity contribution < 1.29 is 0 Å². The minimum atomic E-state index is 0.836. The Hall–Kier alpha value is -0.870. The molecule has 1 heterocycles. The van der Waals surface area contributed by atoms with E-state index in [1.54, 1.807) is 11.3 Å². The smallest absolute Gasteiger partial charge is 0.0897 e. The maximum absolute atomic E-state index is 4.24. The van der Waals surface area contributed by atoms with Crippen molar-refractivity contribution in [3.63, 3.8) is 0 Å². The summed E-state index contributed by atoms with van der Waals surface area (Å²) in [4.78, 5) is 5.50. The van der Waals surface area contributed by atoms with E-state index in [1.165, 1.54) is 16.1 Å². The third kappa shape index (κ3) is 2.83. The van der Waals surface area contributed by atoms with Gasteiger partial charge >= 0.3 is 0 Å². The van der Waals surface area contributed by atoms with Gasteiger partial charge in [0.05, 0.1) is 11.6 Å². The first-order valence-corrected chi connectivity index (χ1v) is 6.67. The van der Waals surface area contributed by atoms with Crippen LogP contribution in [0.1, 0.15) is 15.4 Å². The Balaban J connectivity index is 2.07. The van der Waals surface area contributed by atoms with Crippen molar-refractivity contribution in [3.05, 3.63) is 44.3 Å². The van der Waals surface area contributed by atoms with Crippen LogP contribution in [-0.2, 0) is 6.54 Å². The Bertz CT molecular complexity index is 494. The molecule has 84 valence electrons. The summed E-state index contributed by atoms with van der Waals surface area (Å²) in [5.41, 5.74) is 2.42. The second-order valence-electron chi connectivity index (χ2n) is 3.66. The van der Waals surface area contributed by atoms with Gasteiger partial charge in [0.25, 0.3) is 0 Å². The molecule has 0 spiro atoms. The number of aromatic nitrogens is 1. The fourth-order valence-electron chi connectivity index (χ4n) is 1.45. The van der Waals surface area contributed by atoms with E-state index in [-0.39, 0.29) is 0 Å². The van der Waals surface area contributed by atoms with Crippen molar-refractivity contribution >= 4 is 33.0 Å². The van der Waals surface area contributed by atoms with Crippen LogP contribution >= 0.6 is 27.3 Å². The van der Waals surface area contributed by atoms with E-state index >= 15 is 0 Å². The number of anilines is 1. The molecule has 0 atom stereocenters. The minimum absolute atomic E-state index is 0.836. The predicted octanol–water partition coefficient (Wildman–Crippen LogP) is 4.13. The van der Waals surface area contributed by atoms with Gasteiger partial charge in [-0.15, -0.1) is 11.3 Å². The molecule has 0 unspecified atom stereocenters. The second-order valence-corrected chi connectivity index (χ2v) is 5.89. The lowest BCUT2D eigenvalue weighted by Gasteiger charge is -2.08. The van der Waals surface area contributed by atoms with E-state index in [0.29, 0.717) is 0 Å². The summed E-state index contributed by atoms with van der Waals surface area (Å²) in [6.45, 7) is 4.97. The minimum Gasteiger partial charge on any atom is -0.380 e. The topological polar surface area (TPSA) is 24.9 Å². The first-order valence-electron chi connectivity index (χ1n) is 5.06. The van der Waals surface area contributed by atoms with Crippen molar-refractivity contribution in [1.29, 1.82) is 0 Å². The summed E-state index contributed by atoms with van der Waals surface area (Å²) in [7, 11) is 0. The van der Waals surface area contributed by atoms with Gasteiger partial charge in [-0.2, -0.15) is 0 Å². The number of halogens is 1. The molecule has 0 radical (unpaired) electrons. The highest BCUT2D eigenvalue weighted by Crippen LogP contribution is 2.22. The number of hydrogen-bond acceptors (Lipinski definition) is 3.